The number of benzene rings is 2. The zero-order chi connectivity index (χ0) is 25.2. The summed E-state index contributed by atoms with van der Waals surface area (Å²) in [6.07, 6.45) is 4.15. The Hall–Kier alpha value is -1.88. The molecule has 0 saturated heterocycles. The number of rotatable bonds is 12. The summed E-state index contributed by atoms with van der Waals surface area (Å²) in [5.74, 6) is 2.87. The maximum absolute atomic E-state index is 13.7. The molecule has 0 amide bonds. The molecule has 0 fully saturated rings. The molecule has 1 N–H and O–H groups in total. The molecule has 4 nitrogen and oxygen atoms in total. The third-order valence-electron chi connectivity index (χ3n) is 5.50. The summed E-state index contributed by atoms with van der Waals surface area (Å²) < 4.78 is 36.3. The van der Waals surface area contributed by atoms with E-state index in [1.807, 2.05) is 47.7 Å². The van der Waals surface area contributed by atoms with Gasteiger partial charge in [0, 0.05) is 26.3 Å². The first-order valence-electron chi connectivity index (χ1n) is 11.5. The van der Waals surface area contributed by atoms with Gasteiger partial charge in [0.1, 0.15) is 29.6 Å². The molecule has 0 radical (unpaired) electrons. The van der Waals surface area contributed by atoms with Crippen molar-refractivity contribution in [1.82, 2.24) is 0 Å². The van der Waals surface area contributed by atoms with Crippen LogP contribution in [0.1, 0.15) is 35.6 Å². The predicted octanol–water partition coefficient (Wildman–Crippen LogP) is 7.89. The van der Waals surface area contributed by atoms with Crippen LogP contribution in [0, 0.1) is 6.92 Å². The maximum Gasteiger partial charge on any atom is 0.175 e. The molecule has 0 bridgehead atoms. The van der Waals surface area contributed by atoms with Crippen LogP contribution in [0.5, 0.6) is 11.5 Å². The molecule has 7 heteroatoms. The smallest absolute Gasteiger partial charge is 0.175 e. The fourth-order valence-electron chi connectivity index (χ4n) is 3.72. The van der Waals surface area contributed by atoms with Gasteiger partial charge in [0.2, 0.25) is 0 Å². The molecule has 1 heterocycles. The zero-order valence-electron chi connectivity index (χ0n) is 20.4. The van der Waals surface area contributed by atoms with Crippen molar-refractivity contribution < 1.29 is 18.6 Å². The van der Waals surface area contributed by atoms with Gasteiger partial charge in [0.15, 0.2) is 6.17 Å². The van der Waals surface area contributed by atoms with Gasteiger partial charge in [-0.25, -0.2) is 4.39 Å². The van der Waals surface area contributed by atoms with Crippen LogP contribution >= 0.6 is 43.3 Å². The molecule has 1 aliphatic rings. The maximum atomic E-state index is 13.7. The second-order valence-corrected chi connectivity index (χ2v) is 11.0. The lowest BCUT2D eigenvalue weighted by Crippen LogP contribution is -2.12. The second-order valence-electron chi connectivity index (χ2n) is 8.02. The Kier molecular flexibility index (Phi) is 11.1. The van der Waals surface area contributed by atoms with Crippen molar-refractivity contribution >= 4 is 58.8 Å². The van der Waals surface area contributed by atoms with Crippen LogP contribution < -0.4 is 14.8 Å². The second kappa shape index (κ2) is 14.0. The minimum Gasteiger partial charge on any atom is -0.496 e. The number of aryl methyl sites for hydroxylation is 2. The van der Waals surface area contributed by atoms with Crippen molar-refractivity contribution in [3.05, 3.63) is 81.2 Å². The molecule has 35 heavy (non-hydrogen) atoms. The minimum absolute atomic E-state index is 0.0537. The number of fused-ring (bicyclic) bond motifs is 1. The largest absolute Gasteiger partial charge is 0.496 e. The van der Waals surface area contributed by atoms with E-state index in [4.69, 9.17) is 14.2 Å². The molecule has 0 spiro atoms. The van der Waals surface area contributed by atoms with Gasteiger partial charge in [0.25, 0.3) is 0 Å². The molecule has 1 atom stereocenters. The predicted molar refractivity (Wildman–Crippen MR) is 162 cm³/mol. The first-order valence-corrected chi connectivity index (χ1v) is 15.6. The Morgan fingerprint density at radius 2 is 2.11 bits per heavy atom. The molecular weight excluding hydrogens is 671 g/mol. The number of hydrogen-bond acceptors (Lipinski definition) is 4. The van der Waals surface area contributed by atoms with Crippen LogP contribution in [0.4, 0.5) is 10.1 Å². The average molecular weight is 703 g/mol. The molecule has 0 aliphatic carbocycles. The molecule has 0 aromatic heterocycles. The van der Waals surface area contributed by atoms with Gasteiger partial charge >= 0.3 is 0 Å². The molecule has 2 aromatic rings. The van der Waals surface area contributed by atoms with Crippen LogP contribution in [0.3, 0.4) is 0 Å². The highest BCUT2D eigenvalue weighted by Gasteiger charge is 2.17. The summed E-state index contributed by atoms with van der Waals surface area (Å²) >= 11 is 1.92. The van der Waals surface area contributed by atoms with Gasteiger partial charge in [0.05, 0.1) is 7.11 Å². The number of ether oxygens (including phenoxy) is 3. The highest BCUT2D eigenvalue weighted by Crippen LogP contribution is 2.35. The van der Waals surface area contributed by atoms with Crippen LogP contribution in [-0.4, -0.2) is 30.4 Å². The number of anilines is 1. The van der Waals surface area contributed by atoms with E-state index in [1.54, 1.807) is 11.2 Å². The standard InChI is InChI=1S/C28H32FI2NO3/c1-5-7-20-15-21-18-31-11-10-26(23(21)16-27(20)33-4)35-25-9-8-22(14-19(25)3)32-12-13-34-28(17-30)24(29)6-2/h6,8-11,14-17,24,32H,2,5,7,12-13,18H2,1,3-4H3/b28-17-. The van der Waals surface area contributed by atoms with Gasteiger partial charge in [-0.05, 0) is 87.0 Å². The average Bonchev–Trinajstić information content (AvgIpc) is 3.06. The van der Waals surface area contributed by atoms with Crippen LogP contribution in [0.15, 0.2) is 58.9 Å². The van der Waals surface area contributed by atoms with Gasteiger partial charge in [-0.1, -0.05) is 32.1 Å². The van der Waals surface area contributed by atoms with Crippen molar-refractivity contribution in [2.45, 2.75) is 37.3 Å². The minimum atomic E-state index is -1.29. The Balaban J connectivity index is 1.70. The van der Waals surface area contributed by atoms with E-state index in [1.165, 1.54) is 17.2 Å². The summed E-state index contributed by atoms with van der Waals surface area (Å²) in [6, 6.07) is 10.4. The lowest BCUT2D eigenvalue weighted by Gasteiger charge is -2.18. The normalized spacial score (nSPS) is 14.1. The highest BCUT2D eigenvalue weighted by atomic mass is 127. The number of halogens is 3. The van der Waals surface area contributed by atoms with Crippen molar-refractivity contribution in [1.29, 1.82) is 0 Å². The number of allylic oxidation sites excluding steroid dienone is 2. The summed E-state index contributed by atoms with van der Waals surface area (Å²) in [5, 5.41) is 3.32. The van der Waals surface area contributed by atoms with Crippen molar-refractivity contribution in [2.24, 2.45) is 0 Å². The van der Waals surface area contributed by atoms with E-state index >= 15 is 0 Å². The lowest BCUT2D eigenvalue weighted by atomic mass is 9.99. The number of hydrogen-bond donors (Lipinski definition) is 1. The van der Waals surface area contributed by atoms with Crippen molar-refractivity contribution in [3.63, 3.8) is 0 Å². The monoisotopic (exact) mass is 703 g/mol. The van der Waals surface area contributed by atoms with Gasteiger partial charge in [-0.2, -0.15) is 0 Å². The quantitative estimate of drug-likeness (QED) is 0.0803. The van der Waals surface area contributed by atoms with E-state index < -0.39 is 6.17 Å². The fraction of sp³-hybridized carbons (Fsp3) is 0.321. The van der Waals surface area contributed by atoms with Gasteiger partial charge in [-0.3, -0.25) is 0 Å². The number of nitrogens with one attached hydrogen (secondary N) is 1. The highest BCUT2D eigenvalue weighted by molar-refractivity contribution is 14.2. The lowest BCUT2D eigenvalue weighted by molar-refractivity contribution is 0.181. The molecular formula is C28H32FI2NO3. The molecule has 3 rings (SSSR count). The van der Waals surface area contributed by atoms with Gasteiger partial charge in [-0.15, -0.1) is 20.7 Å². The summed E-state index contributed by atoms with van der Waals surface area (Å²) in [5.41, 5.74) is 5.69. The van der Waals surface area contributed by atoms with Gasteiger partial charge < -0.3 is 19.5 Å². The van der Waals surface area contributed by atoms with Crippen LogP contribution in [0.2, 0.25) is 0 Å². The Morgan fingerprint density at radius 1 is 1.29 bits per heavy atom. The van der Waals surface area contributed by atoms with E-state index in [0.29, 0.717) is 13.2 Å². The third kappa shape index (κ3) is 7.55. The fourth-order valence-corrected chi connectivity index (χ4v) is 6.19. The topological polar surface area (TPSA) is 39.7 Å². The summed E-state index contributed by atoms with van der Waals surface area (Å²) in [6.45, 7) is 8.59. The van der Waals surface area contributed by atoms with E-state index in [-0.39, 0.29) is 26.5 Å². The Morgan fingerprint density at radius 3 is 2.80 bits per heavy atom. The van der Waals surface area contributed by atoms with Crippen molar-refractivity contribution in [2.75, 3.05) is 25.6 Å². The number of methoxy groups -OCH3 is 1. The first kappa shape index (κ1) is 27.7. The van der Waals surface area contributed by atoms with Crippen molar-refractivity contribution in [3.8, 4) is 11.5 Å². The Labute approximate surface area is 231 Å². The molecule has 1 aliphatic heterocycles. The molecule has 1 unspecified atom stereocenters. The molecule has 2 aromatic carbocycles. The first-order chi connectivity index (χ1) is 17.0. The molecule has 188 valence electrons. The van der Waals surface area contributed by atoms with E-state index in [2.05, 4.69) is 41.0 Å². The number of alkyl halides is 2. The third-order valence-corrected chi connectivity index (χ3v) is 8.24. The van der Waals surface area contributed by atoms with Crippen LogP contribution in [0.25, 0.3) is 5.76 Å². The zero-order valence-corrected chi connectivity index (χ0v) is 24.7. The van der Waals surface area contributed by atoms with E-state index in [9.17, 15) is 4.39 Å². The molecule has 0 saturated carbocycles. The van der Waals surface area contributed by atoms with Crippen LogP contribution in [-0.2, 0) is 15.6 Å². The summed E-state index contributed by atoms with van der Waals surface area (Å²) in [4.78, 5) is 0. The Bertz CT molecular complexity index is 1130. The SMILES string of the molecule is C=CC(F)/C(=C/I)OCCNc1ccc(OC2=CC=ICc3cc(CCC)c(OC)cc32)c(C)c1. The summed E-state index contributed by atoms with van der Waals surface area (Å²) in [7, 11) is 1.73. The van der Waals surface area contributed by atoms with E-state index in [0.717, 1.165) is 51.3 Å².